The zero-order valence-corrected chi connectivity index (χ0v) is 12.5. The Labute approximate surface area is 117 Å². The molecule has 1 aromatic rings. The van der Waals surface area contributed by atoms with Crippen LogP contribution in [0.25, 0.3) is 0 Å². The van der Waals surface area contributed by atoms with E-state index in [1.807, 2.05) is 12.3 Å². The second-order valence-corrected chi connectivity index (χ2v) is 5.83. The Morgan fingerprint density at radius 1 is 1.47 bits per heavy atom. The van der Waals surface area contributed by atoms with E-state index in [9.17, 15) is 0 Å². The number of aromatic nitrogens is 1. The van der Waals surface area contributed by atoms with Gasteiger partial charge in [0.1, 0.15) is 0 Å². The zero-order valence-electron chi connectivity index (χ0n) is 12.5. The summed E-state index contributed by atoms with van der Waals surface area (Å²) < 4.78 is 0. The zero-order chi connectivity index (χ0) is 13.7. The van der Waals surface area contributed by atoms with Crippen molar-refractivity contribution in [1.29, 1.82) is 0 Å². The van der Waals surface area contributed by atoms with Crippen LogP contribution in [0.2, 0.25) is 0 Å². The molecule has 2 rings (SSSR count). The first kappa shape index (κ1) is 14.5. The van der Waals surface area contributed by atoms with E-state index in [2.05, 4.69) is 48.1 Å². The minimum Gasteiger partial charge on any atom is -0.312 e. The number of nitrogens with zero attached hydrogens (tertiary/aromatic N) is 2. The van der Waals surface area contributed by atoms with Crippen LogP contribution >= 0.6 is 0 Å². The van der Waals surface area contributed by atoms with E-state index < -0.39 is 0 Å². The van der Waals surface area contributed by atoms with Crippen molar-refractivity contribution in [2.45, 2.75) is 52.2 Å². The Bertz CT molecular complexity index is 366. The fourth-order valence-electron chi connectivity index (χ4n) is 2.74. The normalized spacial score (nSPS) is 26.9. The van der Waals surface area contributed by atoms with E-state index >= 15 is 0 Å². The molecular formula is C16H27N3. The van der Waals surface area contributed by atoms with Gasteiger partial charge in [0, 0.05) is 31.4 Å². The van der Waals surface area contributed by atoms with Gasteiger partial charge in [-0.2, -0.15) is 0 Å². The fraction of sp³-hybridized carbons (Fsp3) is 0.688. The summed E-state index contributed by atoms with van der Waals surface area (Å²) >= 11 is 0. The van der Waals surface area contributed by atoms with E-state index in [0.29, 0.717) is 12.1 Å². The van der Waals surface area contributed by atoms with Gasteiger partial charge in [-0.15, -0.1) is 0 Å². The lowest BCUT2D eigenvalue weighted by atomic mass is 9.99. The molecule has 1 aliphatic rings. The first-order chi connectivity index (χ1) is 9.20. The molecule has 3 nitrogen and oxygen atoms in total. The molecule has 1 saturated heterocycles. The number of hydrogen-bond acceptors (Lipinski definition) is 3. The van der Waals surface area contributed by atoms with Crippen molar-refractivity contribution in [2.75, 3.05) is 13.1 Å². The molecule has 0 spiro atoms. The third-order valence-corrected chi connectivity index (χ3v) is 4.45. The van der Waals surface area contributed by atoms with Crippen molar-refractivity contribution in [3.63, 3.8) is 0 Å². The summed E-state index contributed by atoms with van der Waals surface area (Å²) in [5, 5.41) is 3.72. The highest BCUT2D eigenvalue weighted by atomic mass is 15.2. The molecule has 3 atom stereocenters. The predicted molar refractivity (Wildman–Crippen MR) is 80.0 cm³/mol. The monoisotopic (exact) mass is 261 g/mol. The summed E-state index contributed by atoms with van der Waals surface area (Å²) in [6.45, 7) is 10.2. The van der Waals surface area contributed by atoms with E-state index in [-0.39, 0.29) is 0 Å². The van der Waals surface area contributed by atoms with E-state index in [1.165, 1.54) is 18.5 Å². The summed E-state index contributed by atoms with van der Waals surface area (Å²) in [6, 6.07) is 7.43. The van der Waals surface area contributed by atoms with Gasteiger partial charge in [0.25, 0.3) is 0 Å². The second kappa shape index (κ2) is 7.01. The van der Waals surface area contributed by atoms with Gasteiger partial charge in [-0.05, 0) is 37.9 Å². The summed E-state index contributed by atoms with van der Waals surface area (Å²) in [5.41, 5.74) is 1.18. The molecule has 2 heterocycles. The average molecular weight is 261 g/mol. The van der Waals surface area contributed by atoms with E-state index in [4.69, 9.17) is 0 Å². The van der Waals surface area contributed by atoms with Gasteiger partial charge in [-0.25, -0.2) is 0 Å². The molecule has 1 aromatic heterocycles. The molecule has 3 unspecified atom stereocenters. The molecule has 1 aliphatic heterocycles. The minimum absolute atomic E-state index is 0.610. The van der Waals surface area contributed by atoms with Crippen LogP contribution in [0.1, 0.15) is 39.3 Å². The average Bonchev–Trinajstić information content (AvgIpc) is 2.62. The van der Waals surface area contributed by atoms with Crippen molar-refractivity contribution < 1.29 is 0 Å². The molecule has 0 bridgehead atoms. The fourth-order valence-corrected chi connectivity index (χ4v) is 2.74. The van der Waals surface area contributed by atoms with Crippen molar-refractivity contribution >= 4 is 0 Å². The van der Waals surface area contributed by atoms with Gasteiger partial charge >= 0.3 is 0 Å². The van der Waals surface area contributed by atoms with Crippen LogP contribution in [0.15, 0.2) is 24.4 Å². The maximum atomic E-state index is 4.47. The Kier molecular flexibility index (Phi) is 5.34. The molecular weight excluding hydrogens is 234 g/mol. The third kappa shape index (κ3) is 4.02. The van der Waals surface area contributed by atoms with Gasteiger partial charge in [0.05, 0.1) is 5.69 Å². The Hall–Kier alpha value is -0.930. The summed E-state index contributed by atoms with van der Waals surface area (Å²) in [5.74, 6) is 0.733. The maximum absolute atomic E-state index is 4.47. The lowest BCUT2D eigenvalue weighted by Crippen LogP contribution is -2.43. The summed E-state index contributed by atoms with van der Waals surface area (Å²) in [7, 11) is 0. The second-order valence-electron chi connectivity index (χ2n) is 5.83. The quantitative estimate of drug-likeness (QED) is 0.903. The van der Waals surface area contributed by atoms with Crippen LogP contribution in [-0.2, 0) is 6.54 Å². The van der Waals surface area contributed by atoms with Crippen LogP contribution in [0.5, 0.6) is 0 Å². The molecule has 1 N–H and O–H groups in total. The lowest BCUT2D eigenvalue weighted by molar-refractivity contribution is 0.178. The van der Waals surface area contributed by atoms with Crippen molar-refractivity contribution in [2.24, 2.45) is 5.92 Å². The standard InChI is InChI=1S/C16H27N3/c1-4-13(2)16-12-19(14(3)8-10-18-16)11-15-7-5-6-9-17-15/h5-7,9,13-14,16,18H,4,8,10-12H2,1-3H3. The van der Waals surface area contributed by atoms with E-state index in [0.717, 1.165) is 25.6 Å². The highest BCUT2D eigenvalue weighted by molar-refractivity contribution is 5.04. The maximum Gasteiger partial charge on any atom is 0.0544 e. The largest absolute Gasteiger partial charge is 0.312 e. The predicted octanol–water partition coefficient (Wildman–Crippen LogP) is 2.68. The molecule has 1 fully saturated rings. The first-order valence-corrected chi connectivity index (χ1v) is 7.58. The molecule has 0 aromatic carbocycles. The number of hydrogen-bond donors (Lipinski definition) is 1. The lowest BCUT2D eigenvalue weighted by Gasteiger charge is -2.31. The SMILES string of the molecule is CCC(C)C1CN(Cc2ccccn2)C(C)CCN1. The van der Waals surface area contributed by atoms with Crippen molar-refractivity contribution in [3.8, 4) is 0 Å². The van der Waals surface area contributed by atoms with Crippen molar-refractivity contribution in [1.82, 2.24) is 15.2 Å². The number of nitrogens with one attached hydrogen (secondary N) is 1. The van der Waals surface area contributed by atoms with Crippen LogP contribution in [-0.4, -0.2) is 35.1 Å². The van der Waals surface area contributed by atoms with Gasteiger partial charge in [0.15, 0.2) is 0 Å². The molecule has 0 aliphatic carbocycles. The van der Waals surface area contributed by atoms with Crippen LogP contribution in [0.4, 0.5) is 0 Å². The highest BCUT2D eigenvalue weighted by Gasteiger charge is 2.25. The molecule has 0 amide bonds. The van der Waals surface area contributed by atoms with Crippen LogP contribution < -0.4 is 5.32 Å². The minimum atomic E-state index is 0.610. The number of pyridine rings is 1. The topological polar surface area (TPSA) is 28.2 Å². The summed E-state index contributed by atoms with van der Waals surface area (Å²) in [6.07, 6.45) is 4.35. The molecule has 19 heavy (non-hydrogen) atoms. The van der Waals surface area contributed by atoms with Crippen molar-refractivity contribution in [3.05, 3.63) is 30.1 Å². The van der Waals surface area contributed by atoms with Gasteiger partial charge in [-0.3, -0.25) is 9.88 Å². The Morgan fingerprint density at radius 2 is 2.32 bits per heavy atom. The Balaban J connectivity index is 2.03. The van der Waals surface area contributed by atoms with Crippen LogP contribution in [0.3, 0.4) is 0 Å². The molecule has 3 heteroatoms. The smallest absolute Gasteiger partial charge is 0.0544 e. The van der Waals surface area contributed by atoms with Gasteiger partial charge < -0.3 is 5.32 Å². The highest BCUT2D eigenvalue weighted by Crippen LogP contribution is 2.17. The van der Waals surface area contributed by atoms with Gasteiger partial charge in [-0.1, -0.05) is 26.3 Å². The molecule has 0 saturated carbocycles. The van der Waals surface area contributed by atoms with Gasteiger partial charge in [0.2, 0.25) is 0 Å². The first-order valence-electron chi connectivity index (χ1n) is 7.58. The Morgan fingerprint density at radius 3 is 3.00 bits per heavy atom. The van der Waals surface area contributed by atoms with E-state index in [1.54, 1.807) is 0 Å². The molecule has 0 radical (unpaired) electrons. The summed E-state index contributed by atoms with van der Waals surface area (Å²) in [4.78, 5) is 7.05. The van der Waals surface area contributed by atoms with Crippen LogP contribution in [0, 0.1) is 5.92 Å². The number of rotatable bonds is 4. The third-order valence-electron chi connectivity index (χ3n) is 4.45. The molecule has 106 valence electrons.